The number of aliphatic hydroxyl groups is 1. The molecule has 9 atom stereocenters. The molecular formula is C30H50O. The van der Waals surface area contributed by atoms with Crippen LogP contribution >= 0.6 is 0 Å². The molecule has 0 heterocycles. The van der Waals surface area contributed by atoms with Crippen molar-refractivity contribution in [2.45, 2.75) is 112 Å². The predicted molar refractivity (Wildman–Crippen MR) is 131 cm³/mol. The van der Waals surface area contributed by atoms with Gasteiger partial charge in [0, 0.05) is 6.61 Å². The molecule has 5 rings (SSSR count). The fourth-order valence-electron chi connectivity index (χ4n) is 11.7. The topological polar surface area (TPSA) is 20.2 Å². The summed E-state index contributed by atoms with van der Waals surface area (Å²) in [6.45, 7) is 20.5. The largest absolute Gasteiger partial charge is 0.396 e. The minimum Gasteiger partial charge on any atom is -0.396 e. The van der Waals surface area contributed by atoms with Gasteiger partial charge in [-0.15, -0.1) is 0 Å². The van der Waals surface area contributed by atoms with E-state index in [9.17, 15) is 5.11 Å². The third-order valence-electron chi connectivity index (χ3n) is 13.3. The van der Waals surface area contributed by atoms with Gasteiger partial charge in [0.25, 0.3) is 0 Å². The zero-order valence-corrected chi connectivity index (χ0v) is 21.5. The van der Waals surface area contributed by atoms with Gasteiger partial charge in [0.2, 0.25) is 0 Å². The van der Waals surface area contributed by atoms with Gasteiger partial charge < -0.3 is 5.11 Å². The average Bonchev–Trinajstić information content (AvgIpc) is 3.08. The molecule has 0 bridgehead atoms. The predicted octanol–water partition coefficient (Wildman–Crippen LogP) is 8.03. The molecule has 0 aliphatic heterocycles. The number of hydrogen-bond acceptors (Lipinski definition) is 1. The van der Waals surface area contributed by atoms with Gasteiger partial charge in [-0.25, -0.2) is 0 Å². The van der Waals surface area contributed by atoms with Crippen LogP contribution in [-0.2, 0) is 0 Å². The average molecular weight is 427 g/mol. The molecule has 4 unspecified atom stereocenters. The van der Waals surface area contributed by atoms with Crippen molar-refractivity contribution in [3.63, 3.8) is 0 Å². The monoisotopic (exact) mass is 426 g/mol. The van der Waals surface area contributed by atoms with E-state index in [-0.39, 0.29) is 5.41 Å². The molecule has 0 spiro atoms. The normalized spacial score (nSPS) is 55.5. The fourth-order valence-corrected chi connectivity index (χ4v) is 11.7. The molecule has 5 fully saturated rings. The van der Waals surface area contributed by atoms with E-state index in [2.05, 4.69) is 48.1 Å². The Kier molecular flexibility index (Phi) is 4.98. The van der Waals surface area contributed by atoms with Gasteiger partial charge >= 0.3 is 0 Å². The number of aliphatic hydroxyl groups excluding tert-OH is 1. The van der Waals surface area contributed by atoms with Gasteiger partial charge in [-0.1, -0.05) is 53.2 Å². The first-order valence-electron chi connectivity index (χ1n) is 13.7. The van der Waals surface area contributed by atoms with Crippen LogP contribution in [0.15, 0.2) is 12.2 Å². The van der Waals surface area contributed by atoms with E-state index in [1.807, 2.05) is 0 Å². The van der Waals surface area contributed by atoms with Crippen LogP contribution in [0.1, 0.15) is 112 Å². The van der Waals surface area contributed by atoms with Gasteiger partial charge in [0.05, 0.1) is 0 Å². The molecule has 1 heteroatoms. The lowest BCUT2D eigenvalue weighted by Crippen LogP contribution is -2.65. The van der Waals surface area contributed by atoms with Crippen molar-refractivity contribution in [3.05, 3.63) is 12.2 Å². The van der Waals surface area contributed by atoms with Gasteiger partial charge in [-0.2, -0.15) is 0 Å². The summed E-state index contributed by atoms with van der Waals surface area (Å²) in [4.78, 5) is 0. The second-order valence-electron chi connectivity index (χ2n) is 14.5. The number of rotatable bonds is 2. The van der Waals surface area contributed by atoms with Crippen LogP contribution in [0.2, 0.25) is 0 Å². The van der Waals surface area contributed by atoms with Gasteiger partial charge in [0.15, 0.2) is 0 Å². The van der Waals surface area contributed by atoms with Crippen LogP contribution in [0.3, 0.4) is 0 Å². The lowest BCUT2D eigenvalue weighted by molar-refractivity contribution is -0.238. The first-order valence-corrected chi connectivity index (χ1v) is 13.7. The van der Waals surface area contributed by atoms with Crippen molar-refractivity contribution in [2.24, 2.45) is 56.7 Å². The van der Waals surface area contributed by atoms with Gasteiger partial charge in [0.1, 0.15) is 0 Å². The van der Waals surface area contributed by atoms with Crippen LogP contribution in [0.25, 0.3) is 0 Å². The lowest BCUT2D eigenvalue weighted by atomic mass is 9.32. The molecule has 0 saturated heterocycles. The smallest absolute Gasteiger partial charge is 0.0490 e. The van der Waals surface area contributed by atoms with Gasteiger partial charge in [-0.3, -0.25) is 0 Å². The van der Waals surface area contributed by atoms with Crippen molar-refractivity contribution in [1.82, 2.24) is 0 Å². The van der Waals surface area contributed by atoms with Gasteiger partial charge in [-0.05, 0) is 128 Å². The van der Waals surface area contributed by atoms with Crippen LogP contribution in [-0.4, -0.2) is 11.7 Å². The van der Waals surface area contributed by atoms with Crippen LogP contribution in [0.4, 0.5) is 0 Å². The third kappa shape index (κ3) is 2.71. The number of allylic oxidation sites excluding steroid dienone is 1. The van der Waals surface area contributed by atoms with E-state index in [0.29, 0.717) is 40.1 Å². The Morgan fingerprint density at radius 3 is 2.23 bits per heavy atom. The fraction of sp³-hybridized carbons (Fsp3) is 0.933. The summed E-state index contributed by atoms with van der Waals surface area (Å²) in [5, 5.41) is 10.6. The van der Waals surface area contributed by atoms with Crippen molar-refractivity contribution < 1.29 is 5.11 Å². The van der Waals surface area contributed by atoms with E-state index in [1.54, 1.807) is 0 Å². The Bertz CT molecular complexity index is 752. The molecule has 0 aromatic rings. The standard InChI is InChI=1S/C30H50O/c1-20(2)21-11-16-30(19-31)18-17-28(6)22(25(21)30)9-10-24-27(5)14-8-13-26(3,4)23(27)12-15-29(24,28)7/h21-25,31H,1,8-19H2,2-7H3/t21-,22?,23-,24+,25+,27?,28+,29?,30?/m0/s1. The summed E-state index contributed by atoms with van der Waals surface area (Å²) < 4.78 is 0. The molecule has 0 aromatic carbocycles. The highest BCUT2D eigenvalue weighted by Gasteiger charge is 2.70. The zero-order valence-electron chi connectivity index (χ0n) is 21.5. The van der Waals surface area contributed by atoms with Crippen molar-refractivity contribution in [1.29, 1.82) is 0 Å². The van der Waals surface area contributed by atoms with E-state index in [1.165, 1.54) is 76.2 Å². The first kappa shape index (κ1) is 22.5. The highest BCUT2D eigenvalue weighted by atomic mass is 16.3. The maximum Gasteiger partial charge on any atom is 0.0490 e. The SMILES string of the molecule is C=C(C)[C@@H]1CCC2(CO)CC[C@]3(C)C(CC[C@@H]4C5(C)CCCC(C)(C)[C@@H]5CCC43C)[C@@H]12. The molecule has 31 heavy (non-hydrogen) atoms. The lowest BCUT2D eigenvalue weighted by Gasteiger charge is -2.72. The molecule has 5 aliphatic rings. The highest BCUT2D eigenvalue weighted by molar-refractivity contribution is 5.21. The van der Waals surface area contributed by atoms with Crippen molar-refractivity contribution in [3.8, 4) is 0 Å². The van der Waals surface area contributed by atoms with Crippen LogP contribution < -0.4 is 0 Å². The minimum atomic E-state index is 0.185. The molecule has 0 radical (unpaired) electrons. The summed E-state index contributed by atoms with van der Waals surface area (Å²) in [7, 11) is 0. The van der Waals surface area contributed by atoms with E-state index in [4.69, 9.17) is 0 Å². The maximum absolute atomic E-state index is 10.6. The molecule has 5 saturated carbocycles. The maximum atomic E-state index is 10.6. The summed E-state index contributed by atoms with van der Waals surface area (Å²) >= 11 is 0. The summed E-state index contributed by atoms with van der Waals surface area (Å²) in [5.41, 5.74) is 3.50. The zero-order chi connectivity index (χ0) is 22.4. The molecule has 1 nitrogen and oxygen atoms in total. The Labute approximate surface area is 192 Å². The van der Waals surface area contributed by atoms with E-state index >= 15 is 0 Å². The van der Waals surface area contributed by atoms with Crippen molar-refractivity contribution in [2.75, 3.05) is 6.61 Å². The highest BCUT2D eigenvalue weighted by Crippen LogP contribution is 2.77. The Balaban J connectivity index is 1.55. The molecule has 1 N–H and O–H groups in total. The van der Waals surface area contributed by atoms with Crippen LogP contribution in [0, 0.1) is 56.7 Å². The second kappa shape index (κ2) is 6.86. The number of hydrogen-bond donors (Lipinski definition) is 1. The summed E-state index contributed by atoms with van der Waals surface area (Å²) in [6.07, 6.45) is 15.1. The molecule has 0 aromatic heterocycles. The molecule has 176 valence electrons. The van der Waals surface area contributed by atoms with Crippen molar-refractivity contribution >= 4 is 0 Å². The second-order valence-corrected chi connectivity index (χ2v) is 14.5. The molecule has 0 amide bonds. The Morgan fingerprint density at radius 2 is 1.55 bits per heavy atom. The van der Waals surface area contributed by atoms with Crippen LogP contribution in [0.5, 0.6) is 0 Å². The summed E-state index contributed by atoms with van der Waals surface area (Å²) in [5.74, 6) is 3.86. The minimum absolute atomic E-state index is 0.185. The Hall–Kier alpha value is -0.300. The quantitative estimate of drug-likeness (QED) is 0.443. The molecular weight excluding hydrogens is 376 g/mol. The molecule has 5 aliphatic carbocycles. The summed E-state index contributed by atoms with van der Waals surface area (Å²) in [6, 6.07) is 0. The van der Waals surface area contributed by atoms with E-state index in [0.717, 1.165) is 17.8 Å². The Morgan fingerprint density at radius 1 is 0.806 bits per heavy atom. The third-order valence-corrected chi connectivity index (χ3v) is 13.3. The van der Waals surface area contributed by atoms with E-state index < -0.39 is 0 Å². The first-order chi connectivity index (χ1) is 14.5. The number of fused-ring (bicyclic) bond motifs is 7.